The molecule has 180 valence electrons. The van der Waals surface area contributed by atoms with Crippen molar-refractivity contribution in [2.75, 3.05) is 6.54 Å². The van der Waals surface area contributed by atoms with E-state index in [1.807, 2.05) is 42.5 Å². The number of carbonyl (C=O) groups excluding carboxylic acids is 2. The Bertz CT molecular complexity index is 851. The molecule has 1 aromatic carbocycles. The second-order valence-corrected chi connectivity index (χ2v) is 8.47. The molecule has 5 N–H and O–H groups in total. The summed E-state index contributed by atoms with van der Waals surface area (Å²) in [4.78, 5) is 34.9. The maximum absolute atomic E-state index is 12.3. The smallest absolute Gasteiger partial charge is 0.321 e. The van der Waals surface area contributed by atoms with Crippen molar-refractivity contribution in [3.8, 4) is 0 Å². The van der Waals surface area contributed by atoms with Gasteiger partial charge in [-0.05, 0) is 43.2 Å². The summed E-state index contributed by atoms with van der Waals surface area (Å²) >= 11 is 0. The van der Waals surface area contributed by atoms with Crippen LogP contribution in [0.5, 0.6) is 0 Å². The van der Waals surface area contributed by atoms with E-state index >= 15 is 0 Å². The third kappa shape index (κ3) is 10.0. The molecular weight excluding hydrogens is 422 g/mol. The van der Waals surface area contributed by atoms with Gasteiger partial charge in [-0.2, -0.15) is 0 Å². The number of hydrogen-bond donors (Lipinski definition) is 5. The Balaban J connectivity index is 1.78. The zero-order chi connectivity index (χ0) is 24.1. The Morgan fingerprint density at radius 3 is 2.33 bits per heavy atom. The van der Waals surface area contributed by atoms with Crippen molar-refractivity contribution >= 4 is 17.8 Å². The van der Waals surface area contributed by atoms with E-state index in [2.05, 4.69) is 17.6 Å². The fourth-order valence-corrected chi connectivity index (χ4v) is 3.71. The van der Waals surface area contributed by atoms with Gasteiger partial charge in [-0.15, -0.1) is 0 Å². The monoisotopic (exact) mass is 457 g/mol. The number of unbranched alkanes of at least 4 members (excludes halogenated alkanes) is 3. The summed E-state index contributed by atoms with van der Waals surface area (Å²) in [6.45, 7) is 2.53. The molecule has 1 aliphatic rings. The minimum atomic E-state index is -0.885. The molecule has 8 heteroatoms. The third-order valence-corrected chi connectivity index (χ3v) is 5.76. The number of hydrogen-bond acceptors (Lipinski definition) is 5. The van der Waals surface area contributed by atoms with Crippen molar-refractivity contribution in [3.63, 3.8) is 0 Å². The summed E-state index contributed by atoms with van der Waals surface area (Å²) in [5, 5.41) is 24.1. The highest BCUT2D eigenvalue weighted by molar-refractivity contribution is 5.78. The fourth-order valence-electron chi connectivity index (χ4n) is 3.71. The van der Waals surface area contributed by atoms with Gasteiger partial charge in [0, 0.05) is 25.1 Å². The first-order valence-corrected chi connectivity index (χ1v) is 11.5. The van der Waals surface area contributed by atoms with Gasteiger partial charge in [0.1, 0.15) is 6.04 Å². The minimum Gasteiger partial charge on any atom is -0.480 e. The molecule has 0 spiro atoms. The number of carboxylic acids is 1. The Morgan fingerprint density at radius 1 is 1.03 bits per heavy atom. The highest BCUT2D eigenvalue weighted by Gasteiger charge is 2.20. The molecule has 0 radical (unpaired) electrons. The molecule has 2 atom stereocenters. The van der Waals surface area contributed by atoms with Crippen molar-refractivity contribution in [2.45, 2.75) is 64.3 Å². The third-order valence-electron chi connectivity index (χ3n) is 5.76. The van der Waals surface area contributed by atoms with E-state index in [0.717, 1.165) is 42.5 Å². The Morgan fingerprint density at radius 2 is 1.70 bits per heavy atom. The summed E-state index contributed by atoms with van der Waals surface area (Å²) in [7, 11) is 0. The number of rotatable bonds is 14. The molecule has 33 heavy (non-hydrogen) atoms. The number of carbonyl (C=O) groups is 3. The molecule has 2 rings (SSSR count). The molecule has 0 aliphatic heterocycles. The van der Waals surface area contributed by atoms with Crippen molar-refractivity contribution in [1.82, 2.24) is 16.1 Å². The lowest BCUT2D eigenvalue weighted by Crippen LogP contribution is -2.40. The van der Waals surface area contributed by atoms with Gasteiger partial charge in [0.25, 0.3) is 0 Å². The van der Waals surface area contributed by atoms with Gasteiger partial charge >= 0.3 is 5.97 Å². The van der Waals surface area contributed by atoms with Crippen LogP contribution in [-0.4, -0.2) is 40.7 Å². The van der Waals surface area contributed by atoms with Crippen LogP contribution in [0.25, 0.3) is 0 Å². The number of aliphatic carboxylic acids is 1. The molecular formula is C25H35N3O5. The standard InChI is InChI=1S/C25H35N3O5/c1-18-13-14-21(27-23(29)11-7-2-3-8-12-24(30)28-33)16-20(18)17-26-22(25(31)32)15-19-9-5-4-6-10-19/h4-6,9-10,14,16,18,22,26,33H,2-3,7-8,11-13,15,17H2,1H3,(H,27,29)(H,28,30)(H,31,32)/t18?,22-/m0/s1. The van der Waals surface area contributed by atoms with Crippen LogP contribution in [0.1, 0.15) is 57.4 Å². The van der Waals surface area contributed by atoms with Crippen molar-refractivity contribution in [2.24, 2.45) is 5.92 Å². The van der Waals surface area contributed by atoms with Gasteiger partial charge in [-0.3, -0.25) is 19.6 Å². The molecule has 8 nitrogen and oxygen atoms in total. The zero-order valence-corrected chi connectivity index (χ0v) is 19.2. The zero-order valence-electron chi connectivity index (χ0n) is 19.2. The molecule has 0 saturated carbocycles. The number of nitrogens with one attached hydrogen (secondary N) is 3. The van der Waals surface area contributed by atoms with E-state index in [0.29, 0.717) is 25.8 Å². The molecule has 0 heterocycles. The maximum atomic E-state index is 12.3. The largest absolute Gasteiger partial charge is 0.480 e. The number of hydroxylamine groups is 1. The quantitative estimate of drug-likeness (QED) is 0.166. The van der Waals surface area contributed by atoms with Crippen molar-refractivity contribution in [3.05, 3.63) is 59.3 Å². The lowest BCUT2D eigenvalue weighted by Gasteiger charge is -2.23. The Kier molecular flexibility index (Phi) is 11.3. The number of carboxylic acid groups (broad SMARTS) is 1. The average Bonchev–Trinajstić information content (AvgIpc) is 2.80. The lowest BCUT2D eigenvalue weighted by atomic mass is 9.91. The van der Waals surface area contributed by atoms with E-state index in [1.165, 1.54) is 0 Å². The van der Waals surface area contributed by atoms with Gasteiger partial charge in [-0.1, -0.05) is 61.7 Å². The first-order valence-electron chi connectivity index (χ1n) is 11.5. The summed E-state index contributed by atoms with van der Waals surface area (Å²) in [6, 6.07) is 8.85. The molecule has 0 fully saturated rings. The van der Waals surface area contributed by atoms with Crippen molar-refractivity contribution in [1.29, 1.82) is 0 Å². The van der Waals surface area contributed by atoms with Crippen LogP contribution in [0, 0.1) is 5.92 Å². The molecule has 1 aromatic rings. The predicted octanol–water partition coefficient (Wildman–Crippen LogP) is 3.08. The normalized spacial score (nSPS) is 16.4. The van der Waals surface area contributed by atoms with Crippen LogP contribution in [0.3, 0.4) is 0 Å². The highest BCUT2D eigenvalue weighted by atomic mass is 16.5. The van der Waals surface area contributed by atoms with Gasteiger partial charge in [0.15, 0.2) is 0 Å². The van der Waals surface area contributed by atoms with Crippen molar-refractivity contribution < 1.29 is 24.7 Å². The second kappa shape index (κ2) is 14.2. The van der Waals surface area contributed by atoms with Crippen LogP contribution in [-0.2, 0) is 20.8 Å². The van der Waals surface area contributed by atoms with E-state index in [-0.39, 0.29) is 18.2 Å². The average molecular weight is 458 g/mol. The minimum absolute atomic E-state index is 0.0556. The number of allylic oxidation sites excluding steroid dienone is 2. The predicted molar refractivity (Wildman–Crippen MR) is 125 cm³/mol. The Labute approximate surface area is 195 Å². The van der Waals surface area contributed by atoms with E-state index in [4.69, 9.17) is 5.21 Å². The molecule has 1 unspecified atom stereocenters. The summed E-state index contributed by atoms with van der Waals surface area (Å²) in [5.41, 5.74) is 4.39. The second-order valence-electron chi connectivity index (χ2n) is 8.47. The van der Waals surface area contributed by atoms with Gasteiger partial charge in [-0.25, -0.2) is 5.48 Å². The summed E-state index contributed by atoms with van der Waals surface area (Å²) in [5.74, 6) is -1.07. The molecule has 0 bridgehead atoms. The molecule has 0 saturated heterocycles. The molecule has 0 aromatic heterocycles. The van der Waals surface area contributed by atoms with E-state index in [9.17, 15) is 19.5 Å². The van der Waals surface area contributed by atoms with Crippen LogP contribution in [0.4, 0.5) is 0 Å². The van der Waals surface area contributed by atoms with Crippen LogP contribution < -0.4 is 16.1 Å². The lowest BCUT2D eigenvalue weighted by molar-refractivity contribution is -0.139. The van der Waals surface area contributed by atoms with Crippen LogP contribution >= 0.6 is 0 Å². The first-order chi connectivity index (χ1) is 15.9. The van der Waals surface area contributed by atoms with Crippen LogP contribution in [0.15, 0.2) is 53.8 Å². The van der Waals surface area contributed by atoms with Crippen LogP contribution in [0.2, 0.25) is 0 Å². The van der Waals surface area contributed by atoms with Gasteiger partial charge < -0.3 is 15.7 Å². The highest BCUT2D eigenvalue weighted by Crippen LogP contribution is 2.22. The SMILES string of the molecule is CC1CC=C(NC(=O)CCCCCCC(=O)NO)C=C1CN[C@@H](Cc1ccccc1)C(=O)O. The van der Waals surface area contributed by atoms with E-state index < -0.39 is 17.9 Å². The topological polar surface area (TPSA) is 128 Å². The van der Waals surface area contributed by atoms with Gasteiger partial charge in [0.2, 0.25) is 11.8 Å². The summed E-state index contributed by atoms with van der Waals surface area (Å²) < 4.78 is 0. The summed E-state index contributed by atoms with van der Waals surface area (Å²) in [6.07, 6.45) is 8.88. The first kappa shape index (κ1) is 26.3. The number of benzene rings is 1. The Hall–Kier alpha value is -2.97. The fraction of sp³-hybridized carbons (Fsp3) is 0.480. The molecule has 1 aliphatic carbocycles. The number of amides is 2. The molecule has 2 amide bonds. The van der Waals surface area contributed by atoms with Gasteiger partial charge in [0.05, 0.1) is 0 Å². The van der Waals surface area contributed by atoms with E-state index in [1.54, 1.807) is 5.48 Å². The maximum Gasteiger partial charge on any atom is 0.321 e.